The number of benzene rings is 1. The number of hydrogen-bond acceptors (Lipinski definition) is 7. The number of hydrogen-bond donors (Lipinski definition) is 1. The smallest absolute Gasteiger partial charge is 0.374 e. The van der Waals surface area contributed by atoms with Crippen LogP contribution in [0.5, 0.6) is 0 Å². The zero-order chi connectivity index (χ0) is 25.7. The van der Waals surface area contributed by atoms with Crippen molar-refractivity contribution in [1.82, 2.24) is 30.0 Å². The predicted octanol–water partition coefficient (Wildman–Crippen LogP) is 4.51. The molecule has 3 aromatic heterocycles. The molecule has 4 heterocycles. The molecule has 8 nitrogen and oxygen atoms in total. The van der Waals surface area contributed by atoms with Crippen LogP contribution >= 0.6 is 11.3 Å². The zero-order valence-electron chi connectivity index (χ0n) is 19.1. The van der Waals surface area contributed by atoms with Crippen molar-refractivity contribution in [3.8, 4) is 10.6 Å². The molecule has 1 aromatic carbocycles. The topological polar surface area (TPSA) is 94.8 Å². The Morgan fingerprint density at radius 2 is 1.92 bits per heavy atom. The van der Waals surface area contributed by atoms with E-state index in [4.69, 9.17) is 4.74 Å². The number of thiazole rings is 1. The largest absolute Gasteiger partial charge is 0.451 e. The highest BCUT2D eigenvalue weighted by molar-refractivity contribution is 7.15. The zero-order valence-corrected chi connectivity index (χ0v) is 20.0. The van der Waals surface area contributed by atoms with Crippen molar-refractivity contribution >= 4 is 28.1 Å². The van der Waals surface area contributed by atoms with Gasteiger partial charge in [0, 0.05) is 45.5 Å². The number of amides is 1. The SMILES string of the molecule is Cc1cnc(-c2cc(C(=O)N[C@H](C)c3cnc(C(F)(F)F)nc3)cc3c2cnn3CC2(F)COC2)s1. The summed E-state index contributed by atoms with van der Waals surface area (Å²) in [6.45, 7) is 3.44. The Kier molecular flexibility index (Phi) is 5.99. The average molecular weight is 521 g/mol. The molecule has 1 saturated heterocycles. The molecule has 4 aromatic rings. The highest BCUT2D eigenvalue weighted by Crippen LogP contribution is 2.34. The molecule has 0 aliphatic carbocycles. The Hall–Kier alpha value is -3.45. The summed E-state index contributed by atoms with van der Waals surface area (Å²) in [6, 6.07) is 2.61. The quantitative estimate of drug-likeness (QED) is 0.376. The highest BCUT2D eigenvalue weighted by Gasteiger charge is 2.40. The molecule has 36 heavy (non-hydrogen) atoms. The fourth-order valence-electron chi connectivity index (χ4n) is 3.84. The highest BCUT2D eigenvalue weighted by atomic mass is 32.1. The van der Waals surface area contributed by atoms with Crippen LogP contribution in [0, 0.1) is 6.92 Å². The number of ether oxygens (including phenoxy) is 1. The van der Waals surface area contributed by atoms with E-state index in [2.05, 4.69) is 25.4 Å². The Balaban J connectivity index is 1.48. The van der Waals surface area contributed by atoms with Crippen LogP contribution in [0.2, 0.25) is 0 Å². The van der Waals surface area contributed by atoms with Crippen LogP contribution in [0.1, 0.15) is 39.6 Å². The van der Waals surface area contributed by atoms with Gasteiger partial charge < -0.3 is 10.1 Å². The third-order valence-corrected chi connectivity index (χ3v) is 6.75. The molecule has 13 heteroatoms. The van der Waals surface area contributed by atoms with E-state index in [0.29, 0.717) is 27.0 Å². The van der Waals surface area contributed by atoms with Crippen LogP contribution < -0.4 is 5.32 Å². The van der Waals surface area contributed by atoms with Crippen molar-refractivity contribution in [1.29, 1.82) is 0 Å². The number of alkyl halides is 4. The summed E-state index contributed by atoms with van der Waals surface area (Å²) in [4.78, 5) is 25.3. The summed E-state index contributed by atoms with van der Waals surface area (Å²) in [7, 11) is 0. The van der Waals surface area contributed by atoms with Crippen molar-refractivity contribution in [3.63, 3.8) is 0 Å². The molecule has 188 valence electrons. The number of aromatic nitrogens is 5. The van der Waals surface area contributed by atoms with Crippen molar-refractivity contribution < 1.29 is 27.1 Å². The molecule has 0 spiro atoms. The first kappa shape index (κ1) is 24.3. The number of nitrogens with zero attached hydrogens (tertiary/aromatic N) is 5. The van der Waals surface area contributed by atoms with Gasteiger partial charge in [0.05, 0.1) is 37.5 Å². The number of fused-ring (bicyclic) bond motifs is 1. The number of carbonyl (C=O) groups excluding carboxylic acids is 1. The Bertz CT molecular complexity index is 1430. The number of halogens is 4. The Morgan fingerprint density at radius 1 is 1.19 bits per heavy atom. The Morgan fingerprint density at radius 3 is 2.50 bits per heavy atom. The molecule has 1 N–H and O–H groups in total. The van der Waals surface area contributed by atoms with E-state index in [1.807, 2.05) is 6.92 Å². The van der Waals surface area contributed by atoms with Crippen molar-refractivity contribution in [2.45, 2.75) is 38.3 Å². The lowest BCUT2D eigenvalue weighted by Crippen LogP contribution is -2.48. The van der Waals surface area contributed by atoms with Gasteiger partial charge in [-0.1, -0.05) is 0 Å². The first-order valence-corrected chi connectivity index (χ1v) is 11.7. The Labute approximate surface area is 206 Å². The minimum absolute atomic E-state index is 0.0280. The lowest BCUT2D eigenvalue weighted by molar-refractivity contribution is -0.145. The fourth-order valence-corrected chi connectivity index (χ4v) is 4.64. The molecule has 0 bridgehead atoms. The number of carbonyl (C=O) groups is 1. The van der Waals surface area contributed by atoms with Crippen molar-refractivity contribution in [2.24, 2.45) is 0 Å². The molecule has 1 amide bonds. The van der Waals surface area contributed by atoms with E-state index in [-0.39, 0.29) is 25.3 Å². The van der Waals surface area contributed by atoms with Gasteiger partial charge in [-0.15, -0.1) is 11.3 Å². The second-order valence-electron chi connectivity index (χ2n) is 8.71. The maximum absolute atomic E-state index is 14.8. The second-order valence-corrected chi connectivity index (χ2v) is 9.95. The molecule has 5 rings (SSSR count). The van der Waals surface area contributed by atoms with Gasteiger partial charge in [0.15, 0.2) is 5.67 Å². The predicted molar refractivity (Wildman–Crippen MR) is 123 cm³/mol. The van der Waals surface area contributed by atoms with Crippen molar-refractivity contribution in [3.05, 3.63) is 58.7 Å². The van der Waals surface area contributed by atoms with E-state index >= 15 is 0 Å². The lowest BCUT2D eigenvalue weighted by atomic mass is 10.0. The van der Waals surface area contributed by atoms with Gasteiger partial charge in [0.2, 0.25) is 5.82 Å². The maximum atomic E-state index is 14.8. The van der Waals surface area contributed by atoms with Crippen molar-refractivity contribution in [2.75, 3.05) is 13.2 Å². The second kappa shape index (κ2) is 8.89. The number of aryl methyl sites for hydroxylation is 1. The number of rotatable bonds is 6. The molecular formula is C23H20F4N6O2S. The van der Waals surface area contributed by atoms with Crippen LogP contribution in [-0.2, 0) is 17.5 Å². The third-order valence-electron chi connectivity index (χ3n) is 5.80. The van der Waals surface area contributed by atoms with Crippen LogP contribution in [-0.4, -0.2) is 49.5 Å². The van der Waals surface area contributed by atoms with Crippen LogP contribution in [0.3, 0.4) is 0 Å². The summed E-state index contributed by atoms with van der Waals surface area (Å²) in [5.41, 5.74) is 0.268. The van der Waals surface area contributed by atoms with Gasteiger partial charge in [0.1, 0.15) is 5.01 Å². The first-order chi connectivity index (χ1) is 17.0. The van der Waals surface area contributed by atoms with E-state index in [1.54, 1.807) is 31.5 Å². The van der Waals surface area contributed by atoms with E-state index in [9.17, 15) is 22.4 Å². The summed E-state index contributed by atoms with van der Waals surface area (Å²) >= 11 is 1.45. The van der Waals surface area contributed by atoms with E-state index in [0.717, 1.165) is 17.3 Å². The molecule has 1 atom stereocenters. The summed E-state index contributed by atoms with van der Waals surface area (Å²) < 4.78 is 59.6. The van der Waals surface area contributed by atoms with E-state index < -0.39 is 29.6 Å². The van der Waals surface area contributed by atoms with Crippen LogP contribution in [0.15, 0.2) is 36.9 Å². The van der Waals surface area contributed by atoms with Gasteiger partial charge >= 0.3 is 6.18 Å². The lowest BCUT2D eigenvalue weighted by Gasteiger charge is -2.33. The van der Waals surface area contributed by atoms with E-state index in [1.165, 1.54) is 16.0 Å². The first-order valence-electron chi connectivity index (χ1n) is 10.9. The molecule has 1 aliphatic rings. The summed E-state index contributed by atoms with van der Waals surface area (Å²) in [5.74, 6) is -1.73. The molecule has 0 saturated carbocycles. The molecule has 1 aliphatic heterocycles. The molecule has 1 fully saturated rings. The summed E-state index contributed by atoms with van der Waals surface area (Å²) in [6.07, 6.45) is 0.748. The normalized spacial score (nSPS) is 16.1. The average Bonchev–Trinajstić information content (AvgIpc) is 3.43. The van der Waals surface area contributed by atoms with Gasteiger partial charge in [-0.2, -0.15) is 18.3 Å². The minimum atomic E-state index is -4.66. The van der Waals surface area contributed by atoms with Crippen LogP contribution in [0.25, 0.3) is 21.5 Å². The fraction of sp³-hybridized carbons (Fsp3) is 0.348. The third kappa shape index (κ3) is 4.67. The van der Waals surface area contributed by atoms with Gasteiger partial charge in [0.25, 0.3) is 5.91 Å². The van der Waals surface area contributed by atoms with Gasteiger partial charge in [-0.25, -0.2) is 19.3 Å². The monoisotopic (exact) mass is 520 g/mol. The minimum Gasteiger partial charge on any atom is -0.374 e. The molecular weight excluding hydrogens is 500 g/mol. The molecule has 0 radical (unpaired) electrons. The number of nitrogens with one attached hydrogen (secondary N) is 1. The standard InChI is InChI=1S/C23H20F4N6O2S/c1-12-5-28-20(36-12)16-3-14(4-18-17(16)8-31-33(18)9-22(24)10-35-11-22)19(34)32-13(2)15-6-29-21(30-7-15)23(25,26)27/h3-8,13H,9-11H2,1-2H3,(H,32,34)/t13-/m1/s1. The van der Waals surface area contributed by atoms with Gasteiger partial charge in [-0.05, 0) is 26.0 Å². The van der Waals surface area contributed by atoms with Gasteiger partial charge in [-0.3, -0.25) is 9.48 Å². The maximum Gasteiger partial charge on any atom is 0.451 e. The van der Waals surface area contributed by atoms with Crippen LogP contribution in [0.4, 0.5) is 17.6 Å². The summed E-state index contributed by atoms with van der Waals surface area (Å²) in [5, 5.41) is 8.51. The molecule has 0 unspecified atom stereocenters.